The molecule has 1 heterocycles. The average molecular weight is 280 g/mol. The summed E-state index contributed by atoms with van der Waals surface area (Å²) in [6.07, 6.45) is 1.55. The smallest absolute Gasteiger partial charge is 0.168 e. The number of thiocarbonyl (C=S) groups is 1. The van der Waals surface area contributed by atoms with Crippen molar-refractivity contribution in [3.8, 4) is 0 Å². The molecule has 100 valence electrons. The Labute approximate surface area is 108 Å². The molecule has 5 nitrogen and oxygen atoms in total. The second kappa shape index (κ2) is 7.13. The van der Waals surface area contributed by atoms with Gasteiger partial charge in [-0.1, -0.05) is 0 Å². The van der Waals surface area contributed by atoms with E-state index >= 15 is 0 Å². The molecular formula is C10H20N2O3S2. The molecule has 0 saturated carbocycles. The summed E-state index contributed by atoms with van der Waals surface area (Å²) < 4.78 is 27.8. The van der Waals surface area contributed by atoms with Gasteiger partial charge in [0.15, 0.2) is 14.9 Å². The molecule has 1 aliphatic heterocycles. The number of nitrogens with one attached hydrogen (secondary N) is 1. The summed E-state index contributed by atoms with van der Waals surface area (Å²) in [5.74, 6) is 0.475. The lowest BCUT2D eigenvalue weighted by molar-refractivity contribution is 0.195. The Kier molecular flexibility index (Phi) is 6.15. The van der Waals surface area contributed by atoms with Crippen molar-refractivity contribution in [3.63, 3.8) is 0 Å². The van der Waals surface area contributed by atoms with E-state index in [-0.39, 0.29) is 11.5 Å². The van der Waals surface area contributed by atoms with Crippen molar-refractivity contribution in [3.05, 3.63) is 0 Å². The highest BCUT2D eigenvalue weighted by atomic mass is 32.2. The minimum Gasteiger partial charge on any atom is -0.385 e. The monoisotopic (exact) mass is 280 g/mol. The molecule has 1 N–H and O–H groups in total. The summed E-state index contributed by atoms with van der Waals surface area (Å²) in [5.41, 5.74) is 0. The van der Waals surface area contributed by atoms with Gasteiger partial charge in [-0.2, -0.15) is 0 Å². The molecular weight excluding hydrogens is 260 g/mol. The summed E-state index contributed by atoms with van der Waals surface area (Å²) in [6.45, 7) is 2.67. The molecule has 0 amide bonds. The standard InChI is InChI=1S/C10H20N2O3S2/c1-15-7-2-4-11-10(16)12-5-3-8-17(13,14)9-6-12/h2-9H2,1H3,(H,11,16). The second-order valence-corrected chi connectivity index (χ2v) is 6.76. The van der Waals surface area contributed by atoms with E-state index in [4.69, 9.17) is 17.0 Å². The molecule has 17 heavy (non-hydrogen) atoms. The minimum atomic E-state index is -2.86. The maximum Gasteiger partial charge on any atom is 0.168 e. The van der Waals surface area contributed by atoms with Gasteiger partial charge in [-0.05, 0) is 25.1 Å². The van der Waals surface area contributed by atoms with E-state index in [0.717, 1.165) is 19.5 Å². The number of sulfone groups is 1. The third-order valence-corrected chi connectivity index (χ3v) is 4.76. The van der Waals surface area contributed by atoms with Crippen LogP contribution in [0.4, 0.5) is 0 Å². The van der Waals surface area contributed by atoms with Crippen LogP contribution >= 0.6 is 12.2 Å². The second-order valence-electron chi connectivity index (χ2n) is 4.07. The summed E-state index contributed by atoms with van der Waals surface area (Å²) in [5, 5.41) is 3.78. The highest BCUT2D eigenvalue weighted by Crippen LogP contribution is 2.05. The van der Waals surface area contributed by atoms with E-state index in [1.807, 2.05) is 4.90 Å². The summed E-state index contributed by atoms with van der Waals surface area (Å²) in [4.78, 5) is 1.94. The van der Waals surface area contributed by atoms with Crippen LogP contribution in [-0.2, 0) is 14.6 Å². The summed E-state index contributed by atoms with van der Waals surface area (Å²) in [6, 6.07) is 0. The Balaban J connectivity index is 2.32. The average Bonchev–Trinajstić information content (AvgIpc) is 2.45. The Morgan fingerprint density at radius 1 is 1.41 bits per heavy atom. The van der Waals surface area contributed by atoms with E-state index < -0.39 is 9.84 Å². The molecule has 0 unspecified atom stereocenters. The summed E-state index contributed by atoms with van der Waals surface area (Å²) >= 11 is 5.24. The van der Waals surface area contributed by atoms with E-state index in [1.54, 1.807) is 7.11 Å². The number of ether oxygens (including phenoxy) is 1. The molecule has 1 aliphatic rings. The van der Waals surface area contributed by atoms with Crippen molar-refractivity contribution < 1.29 is 13.2 Å². The van der Waals surface area contributed by atoms with Crippen LogP contribution in [0.1, 0.15) is 12.8 Å². The van der Waals surface area contributed by atoms with Crippen molar-refractivity contribution in [2.24, 2.45) is 0 Å². The van der Waals surface area contributed by atoms with Crippen LogP contribution in [0.25, 0.3) is 0 Å². The maximum absolute atomic E-state index is 11.4. The predicted octanol–water partition coefficient (Wildman–Crippen LogP) is 0.0179. The molecule has 0 atom stereocenters. The van der Waals surface area contributed by atoms with Gasteiger partial charge >= 0.3 is 0 Å². The van der Waals surface area contributed by atoms with Crippen LogP contribution in [0.15, 0.2) is 0 Å². The van der Waals surface area contributed by atoms with Gasteiger partial charge < -0.3 is 15.0 Å². The molecule has 0 aromatic heterocycles. The lowest BCUT2D eigenvalue weighted by Crippen LogP contribution is -2.41. The molecule has 0 aromatic carbocycles. The predicted molar refractivity (Wildman–Crippen MR) is 71.9 cm³/mol. The third-order valence-electron chi connectivity index (χ3n) is 2.64. The highest BCUT2D eigenvalue weighted by molar-refractivity contribution is 7.91. The molecule has 1 saturated heterocycles. The third kappa shape index (κ3) is 5.65. The molecule has 1 rings (SSSR count). The fourth-order valence-corrected chi connectivity index (χ4v) is 3.22. The zero-order valence-electron chi connectivity index (χ0n) is 10.1. The SMILES string of the molecule is COCCCNC(=S)N1CCCS(=O)(=O)CC1. The molecule has 0 spiro atoms. The van der Waals surface area contributed by atoms with Gasteiger partial charge in [-0.3, -0.25) is 0 Å². The van der Waals surface area contributed by atoms with Crippen molar-refractivity contribution in [2.45, 2.75) is 12.8 Å². The van der Waals surface area contributed by atoms with Crippen molar-refractivity contribution in [2.75, 3.05) is 44.9 Å². The van der Waals surface area contributed by atoms with Crippen LogP contribution in [0.5, 0.6) is 0 Å². The first-order chi connectivity index (χ1) is 8.05. The van der Waals surface area contributed by atoms with Crippen molar-refractivity contribution >= 4 is 27.2 Å². The van der Waals surface area contributed by atoms with Gasteiger partial charge in [0, 0.05) is 33.4 Å². The first-order valence-corrected chi connectivity index (χ1v) is 8.00. The van der Waals surface area contributed by atoms with Crippen molar-refractivity contribution in [1.82, 2.24) is 10.2 Å². The highest BCUT2D eigenvalue weighted by Gasteiger charge is 2.20. The Hall–Kier alpha value is -0.400. The van der Waals surface area contributed by atoms with E-state index in [9.17, 15) is 8.42 Å². The van der Waals surface area contributed by atoms with Gasteiger partial charge in [-0.25, -0.2) is 8.42 Å². The van der Waals surface area contributed by atoms with Crippen LogP contribution < -0.4 is 5.32 Å². The number of methoxy groups -OCH3 is 1. The van der Waals surface area contributed by atoms with Crippen molar-refractivity contribution in [1.29, 1.82) is 0 Å². The molecule has 1 fully saturated rings. The number of nitrogens with zero attached hydrogens (tertiary/aromatic N) is 1. The Morgan fingerprint density at radius 3 is 2.88 bits per heavy atom. The quantitative estimate of drug-likeness (QED) is 0.579. The number of hydrogen-bond acceptors (Lipinski definition) is 4. The van der Waals surface area contributed by atoms with Gasteiger partial charge in [0.1, 0.15) is 0 Å². The fourth-order valence-electron chi connectivity index (χ4n) is 1.67. The fraction of sp³-hybridized carbons (Fsp3) is 0.900. The minimum absolute atomic E-state index is 0.201. The maximum atomic E-state index is 11.4. The number of hydrogen-bond donors (Lipinski definition) is 1. The first-order valence-electron chi connectivity index (χ1n) is 5.77. The van der Waals surface area contributed by atoms with Gasteiger partial charge in [0.25, 0.3) is 0 Å². The molecule has 7 heteroatoms. The molecule has 0 radical (unpaired) electrons. The van der Waals surface area contributed by atoms with Crippen LogP contribution in [0.2, 0.25) is 0 Å². The van der Waals surface area contributed by atoms with E-state index in [2.05, 4.69) is 5.32 Å². The zero-order valence-corrected chi connectivity index (χ0v) is 11.8. The van der Waals surface area contributed by atoms with Crippen LogP contribution in [-0.4, -0.2) is 63.3 Å². The molecule has 0 aromatic rings. The first kappa shape index (κ1) is 14.7. The summed E-state index contributed by atoms with van der Waals surface area (Å²) in [7, 11) is -1.20. The van der Waals surface area contributed by atoms with Gasteiger partial charge in [0.05, 0.1) is 11.5 Å². The number of rotatable bonds is 4. The lowest BCUT2D eigenvalue weighted by atomic mass is 10.4. The lowest BCUT2D eigenvalue weighted by Gasteiger charge is -2.23. The molecule has 0 bridgehead atoms. The largest absolute Gasteiger partial charge is 0.385 e. The van der Waals surface area contributed by atoms with Crippen LogP contribution in [0, 0.1) is 0 Å². The zero-order chi connectivity index (χ0) is 12.7. The van der Waals surface area contributed by atoms with E-state index in [0.29, 0.717) is 24.7 Å². The van der Waals surface area contributed by atoms with Gasteiger partial charge in [-0.15, -0.1) is 0 Å². The Bertz CT molecular complexity index is 343. The Morgan fingerprint density at radius 2 is 2.18 bits per heavy atom. The van der Waals surface area contributed by atoms with E-state index in [1.165, 1.54) is 0 Å². The normalized spacial score (nSPS) is 19.7. The van der Waals surface area contributed by atoms with Crippen LogP contribution in [0.3, 0.4) is 0 Å². The van der Waals surface area contributed by atoms with Gasteiger partial charge in [0.2, 0.25) is 0 Å². The topological polar surface area (TPSA) is 58.6 Å². The molecule has 0 aliphatic carbocycles.